The average molecular weight is 201 g/mol. The fourth-order valence-corrected chi connectivity index (χ4v) is 1.02. The van der Waals surface area contributed by atoms with E-state index in [1.807, 2.05) is 0 Å². The Kier molecular flexibility index (Phi) is 2.91. The van der Waals surface area contributed by atoms with E-state index in [2.05, 4.69) is 14.9 Å². The van der Waals surface area contributed by atoms with Crippen molar-refractivity contribution in [2.24, 2.45) is 0 Å². The van der Waals surface area contributed by atoms with E-state index in [1.165, 1.54) is 13.1 Å². The molecule has 0 aliphatic carbocycles. The Bertz CT molecular complexity index is 311. The van der Waals surface area contributed by atoms with Crippen molar-refractivity contribution >= 4 is 23.4 Å². The second kappa shape index (κ2) is 3.94. The molecule has 1 aromatic rings. The smallest absolute Gasteiger partial charge is 0.325 e. The van der Waals surface area contributed by atoms with Crippen LogP contribution >= 0.6 is 11.5 Å². The van der Waals surface area contributed by atoms with Gasteiger partial charge in [-0.15, -0.1) is 5.10 Å². The predicted molar refractivity (Wildman–Crippen MR) is 44.5 cm³/mol. The third-order valence-electron chi connectivity index (χ3n) is 1.30. The zero-order valence-electron chi connectivity index (χ0n) is 6.72. The van der Waals surface area contributed by atoms with Crippen molar-refractivity contribution in [3.05, 3.63) is 11.1 Å². The van der Waals surface area contributed by atoms with E-state index in [1.54, 1.807) is 0 Å². The van der Waals surface area contributed by atoms with Crippen LogP contribution in [0.5, 0.6) is 0 Å². The Morgan fingerprint density at radius 2 is 2.38 bits per heavy atom. The van der Waals surface area contributed by atoms with Gasteiger partial charge in [0, 0.05) is 0 Å². The zero-order valence-corrected chi connectivity index (χ0v) is 7.54. The Labute approximate surface area is 77.7 Å². The summed E-state index contributed by atoms with van der Waals surface area (Å²) in [6.45, 7) is 1.38. The van der Waals surface area contributed by atoms with E-state index in [9.17, 15) is 9.59 Å². The molecule has 7 heteroatoms. The lowest BCUT2D eigenvalue weighted by molar-refractivity contribution is -0.138. The van der Waals surface area contributed by atoms with Gasteiger partial charge in [-0.1, -0.05) is 4.49 Å². The molecule has 13 heavy (non-hydrogen) atoms. The molecule has 0 bridgehead atoms. The number of hydrogen-bond acceptors (Lipinski definition) is 5. The van der Waals surface area contributed by atoms with Crippen LogP contribution in [0, 0.1) is 0 Å². The van der Waals surface area contributed by atoms with Crippen LogP contribution in [0.4, 0.5) is 0 Å². The topological polar surface area (TPSA) is 92.2 Å². The molecule has 1 amide bonds. The first-order valence-corrected chi connectivity index (χ1v) is 4.19. The second-order valence-corrected chi connectivity index (χ2v) is 3.10. The Balaban J connectivity index is 2.56. The van der Waals surface area contributed by atoms with Crippen LogP contribution in [-0.4, -0.2) is 32.6 Å². The molecule has 0 saturated heterocycles. The largest absolute Gasteiger partial charge is 0.480 e. The molecule has 0 aliphatic heterocycles. The number of hydrogen-bond donors (Lipinski definition) is 2. The third-order valence-corrected chi connectivity index (χ3v) is 1.97. The third kappa shape index (κ3) is 2.48. The van der Waals surface area contributed by atoms with Crippen molar-refractivity contribution in [1.29, 1.82) is 0 Å². The fourth-order valence-electron chi connectivity index (χ4n) is 0.597. The Morgan fingerprint density at radius 3 is 2.85 bits per heavy atom. The van der Waals surface area contributed by atoms with Gasteiger partial charge in [0.1, 0.15) is 10.9 Å². The van der Waals surface area contributed by atoms with E-state index in [0.717, 1.165) is 11.5 Å². The summed E-state index contributed by atoms with van der Waals surface area (Å²) in [4.78, 5) is 21.8. The van der Waals surface area contributed by atoms with Gasteiger partial charge in [-0.2, -0.15) is 0 Å². The maximum Gasteiger partial charge on any atom is 0.325 e. The van der Waals surface area contributed by atoms with E-state index in [4.69, 9.17) is 5.11 Å². The van der Waals surface area contributed by atoms with Crippen molar-refractivity contribution in [3.8, 4) is 0 Å². The first kappa shape index (κ1) is 9.59. The molecule has 1 rings (SSSR count). The standard InChI is InChI=1S/C6H7N3O3S/c1-3(6(11)12)8-5(10)4-2-7-9-13-4/h2-3H,1H3,(H,8,10)(H,11,12). The van der Waals surface area contributed by atoms with Crippen molar-refractivity contribution in [2.75, 3.05) is 0 Å². The molecule has 2 N–H and O–H groups in total. The number of amides is 1. The molecule has 0 fully saturated rings. The van der Waals surface area contributed by atoms with Crippen LogP contribution in [0.15, 0.2) is 6.20 Å². The summed E-state index contributed by atoms with van der Waals surface area (Å²) in [7, 11) is 0. The molecule has 1 atom stereocenters. The first-order chi connectivity index (χ1) is 6.11. The summed E-state index contributed by atoms with van der Waals surface area (Å²) in [5.41, 5.74) is 0. The number of carbonyl (C=O) groups excluding carboxylic acids is 1. The van der Waals surface area contributed by atoms with Gasteiger partial charge >= 0.3 is 5.97 Å². The molecule has 6 nitrogen and oxygen atoms in total. The van der Waals surface area contributed by atoms with Gasteiger partial charge in [0.25, 0.3) is 5.91 Å². The molecule has 0 radical (unpaired) electrons. The van der Waals surface area contributed by atoms with E-state index >= 15 is 0 Å². The van der Waals surface area contributed by atoms with Gasteiger partial charge in [-0.05, 0) is 18.5 Å². The minimum absolute atomic E-state index is 0.299. The Morgan fingerprint density at radius 1 is 1.69 bits per heavy atom. The number of carbonyl (C=O) groups is 2. The highest BCUT2D eigenvalue weighted by Gasteiger charge is 2.16. The van der Waals surface area contributed by atoms with Gasteiger partial charge in [-0.3, -0.25) is 9.59 Å². The van der Waals surface area contributed by atoms with Gasteiger partial charge in [0.2, 0.25) is 0 Å². The molecule has 1 unspecified atom stereocenters. The lowest BCUT2D eigenvalue weighted by Crippen LogP contribution is -2.37. The number of rotatable bonds is 3. The number of carboxylic acid groups (broad SMARTS) is 1. The van der Waals surface area contributed by atoms with E-state index < -0.39 is 17.9 Å². The Hall–Kier alpha value is -1.50. The molecular weight excluding hydrogens is 194 g/mol. The van der Waals surface area contributed by atoms with Crippen molar-refractivity contribution in [2.45, 2.75) is 13.0 Å². The quantitative estimate of drug-likeness (QED) is 0.703. The summed E-state index contributed by atoms with van der Waals surface area (Å²) in [6.07, 6.45) is 1.29. The molecule has 0 spiro atoms. The van der Waals surface area contributed by atoms with Crippen LogP contribution in [0.3, 0.4) is 0 Å². The van der Waals surface area contributed by atoms with Crippen LogP contribution < -0.4 is 5.32 Å². The summed E-state index contributed by atoms with van der Waals surface area (Å²) in [5, 5.41) is 14.2. The van der Waals surface area contributed by atoms with Crippen LogP contribution in [0.25, 0.3) is 0 Å². The maximum absolute atomic E-state index is 11.2. The number of nitrogens with one attached hydrogen (secondary N) is 1. The number of nitrogens with zero attached hydrogens (tertiary/aromatic N) is 2. The number of aromatic nitrogens is 2. The van der Waals surface area contributed by atoms with Crippen molar-refractivity contribution in [3.63, 3.8) is 0 Å². The minimum Gasteiger partial charge on any atom is -0.480 e. The highest BCUT2D eigenvalue weighted by Crippen LogP contribution is 2.01. The van der Waals surface area contributed by atoms with Crippen molar-refractivity contribution in [1.82, 2.24) is 14.9 Å². The van der Waals surface area contributed by atoms with E-state index in [0.29, 0.717) is 4.88 Å². The van der Waals surface area contributed by atoms with Crippen LogP contribution in [0.2, 0.25) is 0 Å². The summed E-state index contributed by atoms with van der Waals surface area (Å²) in [6, 6.07) is -0.908. The average Bonchev–Trinajstić information content (AvgIpc) is 2.55. The maximum atomic E-state index is 11.2. The summed E-state index contributed by atoms with van der Waals surface area (Å²) in [5.74, 6) is -1.55. The molecule has 70 valence electrons. The molecule has 1 heterocycles. The highest BCUT2D eigenvalue weighted by atomic mass is 32.1. The lowest BCUT2D eigenvalue weighted by atomic mass is 10.3. The molecule has 1 aromatic heterocycles. The number of aliphatic carboxylic acids is 1. The minimum atomic E-state index is -1.08. The normalized spacial score (nSPS) is 12.1. The van der Waals surface area contributed by atoms with Gasteiger partial charge in [0.15, 0.2) is 0 Å². The first-order valence-electron chi connectivity index (χ1n) is 3.42. The number of carboxylic acids is 1. The van der Waals surface area contributed by atoms with Gasteiger partial charge in [0.05, 0.1) is 6.20 Å². The monoisotopic (exact) mass is 201 g/mol. The lowest BCUT2D eigenvalue weighted by Gasteiger charge is -2.06. The van der Waals surface area contributed by atoms with E-state index in [-0.39, 0.29) is 0 Å². The molecule has 0 saturated carbocycles. The van der Waals surface area contributed by atoms with Crippen LogP contribution in [0.1, 0.15) is 16.6 Å². The SMILES string of the molecule is CC(NC(=O)c1cnns1)C(=O)O. The molecular formula is C6H7N3O3S. The van der Waals surface area contributed by atoms with Gasteiger partial charge < -0.3 is 10.4 Å². The summed E-state index contributed by atoms with van der Waals surface area (Å²) < 4.78 is 3.48. The second-order valence-electron chi connectivity index (χ2n) is 2.32. The fraction of sp³-hybridized carbons (Fsp3) is 0.333. The molecule has 0 aromatic carbocycles. The van der Waals surface area contributed by atoms with Gasteiger partial charge in [-0.25, -0.2) is 0 Å². The summed E-state index contributed by atoms with van der Waals surface area (Å²) >= 11 is 0.919. The van der Waals surface area contributed by atoms with Crippen molar-refractivity contribution < 1.29 is 14.7 Å². The molecule has 0 aliphatic rings. The highest BCUT2D eigenvalue weighted by molar-refractivity contribution is 7.07. The predicted octanol–water partition coefficient (Wildman–Crippen LogP) is -0.259. The zero-order chi connectivity index (χ0) is 9.84. The van der Waals surface area contributed by atoms with Crippen LogP contribution in [-0.2, 0) is 4.79 Å².